The van der Waals surface area contributed by atoms with Crippen molar-refractivity contribution in [3.05, 3.63) is 71.8 Å². The summed E-state index contributed by atoms with van der Waals surface area (Å²) in [5.41, 5.74) is 6.62. The predicted octanol–water partition coefficient (Wildman–Crippen LogP) is 3.28. The molecule has 4 nitrogen and oxygen atoms in total. The number of ketones is 1. The zero-order valence-electron chi connectivity index (χ0n) is 13.0. The van der Waals surface area contributed by atoms with Crippen molar-refractivity contribution < 1.29 is 14.3 Å². The van der Waals surface area contributed by atoms with E-state index in [0.717, 1.165) is 6.42 Å². The largest absolute Gasteiger partial charge is 0.449 e. The van der Waals surface area contributed by atoms with E-state index < -0.39 is 6.10 Å². The molecule has 2 N–H and O–H groups in total. The molecular formula is C19H21NO3. The lowest BCUT2D eigenvalue weighted by atomic mass is 10.00. The first-order valence-electron chi connectivity index (χ1n) is 7.76. The van der Waals surface area contributed by atoms with Crippen molar-refractivity contribution in [3.63, 3.8) is 0 Å². The number of rotatable bonds is 8. The van der Waals surface area contributed by atoms with Gasteiger partial charge in [0.1, 0.15) is 0 Å². The molecule has 0 bridgehead atoms. The fraction of sp³-hybridized carbons (Fsp3) is 0.263. The van der Waals surface area contributed by atoms with Crippen LogP contribution >= 0.6 is 0 Å². The third-order valence-corrected chi connectivity index (χ3v) is 3.48. The molecule has 0 spiro atoms. The third-order valence-electron chi connectivity index (χ3n) is 3.48. The molecule has 2 aromatic carbocycles. The van der Waals surface area contributed by atoms with Crippen molar-refractivity contribution >= 4 is 11.8 Å². The molecule has 0 saturated carbocycles. The van der Waals surface area contributed by atoms with E-state index in [1.165, 1.54) is 0 Å². The summed E-state index contributed by atoms with van der Waals surface area (Å²) in [6.07, 6.45) is 0.778. The second-order valence-electron chi connectivity index (χ2n) is 5.26. The topological polar surface area (TPSA) is 69.4 Å². The van der Waals surface area contributed by atoms with Crippen LogP contribution in [0.15, 0.2) is 60.7 Å². The average molecular weight is 311 g/mol. The molecule has 0 aliphatic rings. The molecule has 0 aromatic heterocycles. The van der Waals surface area contributed by atoms with Gasteiger partial charge in [-0.25, -0.2) is 0 Å². The number of benzene rings is 2. The van der Waals surface area contributed by atoms with Crippen LogP contribution in [0.3, 0.4) is 0 Å². The lowest BCUT2D eigenvalue weighted by molar-refractivity contribution is -0.147. The van der Waals surface area contributed by atoms with Crippen molar-refractivity contribution in [2.24, 2.45) is 5.73 Å². The summed E-state index contributed by atoms with van der Waals surface area (Å²) in [7, 11) is 0. The molecule has 23 heavy (non-hydrogen) atoms. The van der Waals surface area contributed by atoms with Gasteiger partial charge in [-0.15, -0.1) is 0 Å². The smallest absolute Gasteiger partial charge is 0.306 e. The van der Waals surface area contributed by atoms with Gasteiger partial charge in [0.05, 0.1) is 0 Å². The van der Waals surface area contributed by atoms with Gasteiger partial charge in [0, 0.05) is 17.5 Å². The molecule has 1 unspecified atom stereocenters. The first-order chi connectivity index (χ1) is 11.2. The number of carbonyl (C=O) groups excluding carboxylic acids is 2. The van der Waals surface area contributed by atoms with Crippen LogP contribution < -0.4 is 5.73 Å². The number of nitrogens with two attached hydrogens (primary N) is 1. The highest BCUT2D eigenvalue weighted by Gasteiger charge is 2.25. The summed E-state index contributed by atoms with van der Waals surface area (Å²) in [5.74, 6) is -0.597. The van der Waals surface area contributed by atoms with Gasteiger partial charge in [0.2, 0.25) is 5.78 Å². The molecular weight excluding hydrogens is 290 g/mol. The molecule has 0 fully saturated rings. The Morgan fingerprint density at radius 2 is 1.52 bits per heavy atom. The lowest BCUT2D eigenvalue weighted by Gasteiger charge is -2.17. The third kappa shape index (κ3) is 5.04. The number of carbonyl (C=O) groups is 2. The van der Waals surface area contributed by atoms with Gasteiger partial charge in [0.15, 0.2) is 6.10 Å². The molecule has 0 aliphatic heterocycles. The van der Waals surface area contributed by atoms with E-state index in [0.29, 0.717) is 24.1 Å². The van der Waals surface area contributed by atoms with E-state index in [-0.39, 0.29) is 18.2 Å². The molecule has 0 radical (unpaired) electrons. The van der Waals surface area contributed by atoms with Crippen LogP contribution in [0, 0.1) is 0 Å². The lowest BCUT2D eigenvalue weighted by Crippen LogP contribution is -2.20. The second-order valence-corrected chi connectivity index (χ2v) is 5.26. The maximum Gasteiger partial charge on any atom is 0.306 e. The zero-order chi connectivity index (χ0) is 16.5. The van der Waals surface area contributed by atoms with Crippen LogP contribution in [0.25, 0.3) is 0 Å². The van der Waals surface area contributed by atoms with Gasteiger partial charge >= 0.3 is 5.97 Å². The summed E-state index contributed by atoms with van der Waals surface area (Å²) in [4.78, 5) is 24.7. The van der Waals surface area contributed by atoms with Crippen molar-refractivity contribution in [1.29, 1.82) is 0 Å². The van der Waals surface area contributed by atoms with E-state index >= 15 is 0 Å². The Morgan fingerprint density at radius 1 is 0.913 bits per heavy atom. The molecule has 0 amide bonds. The van der Waals surface area contributed by atoms with Crippen LogP contribution in [0.2, 0.25) is 0 Å². The van der Waals surface area contributed by atoms with Gasteiger partial charge in [-0.2, -0.15) is 0 Å². The summed E-state index contributed by atoms with van der Waals surface area (Å²) in [6, 6.07) is 17.9. The summed E-state index contributed by atoms with van der Waals surface area (Å²) in [5, 5.41) is 0. The molecule has 0 aliphatic carbocycles. The Kier molecular flexibility index (Phi) is 6.51. The Morgan fingerprint density at radius 3 is 2.13 bits per heavy atom. The van der Waals surface area contributed by atoms with E-state index in [9.17, 15) is 9.59 Å². The average Bonchev–Trinajstić information content (AvgIpc) is 2.61. The van der Waals surface area contributed by atoms with Gasteiger partial charge in [-0.3, -0.25) is 9.59 Å². The monoisotopic (exact) mass is 311 g/mol. The highest BCUT2D eigenvalue weighted by atomic mass is 16.5. The molecule has 2 rings (SSSR count). The van der Waals surface area contributed by atoms with Gasteiger partial charge in [-0.1, -0.05) is 60.7 Å². The number of esters is 1. The van der Waals surface area contributed by atoms with Crippen molar-refractivity contribution in [3.8, 4) is 0 Å². The summed E-state index contributed by atoms with van der Waals surface area (Å²) >= 11 is 0. The van der Waals surface area contributed by atoms with E-state index in [1.807, 2.05) is 24.3 Å². The van der Waals surface area contributed by atoms with E-state index in [4.69, 9.17) is 10.5 Å². The molecule has 4 heteroatoms. The quantitative estimate of drug-likeness (QED) is 0.461. The maximum atomic E-state index is 12.7. The van der Waals surface area contributed by atoms with Crippen LogP contribution in [-0.4, -0.2) is 18.3 Å². The van der Waals surface area contributed by atoms with Crippen LogP contribution in [0.4, 0.5) is 0 Å². The molecule has 0 saturated heterocycles. The van der Waals surface area contributed by atoms with Crippen LogP contribution in [0.1, 0.15) is 41.3 Å². The molecule has 2 aromatic rings. The maximum absolute atomic E-state index is 12.7. The number of hydrogen-bond acceptors (Lipinski definition) is 4. The summed E-state index contributed by atoms with van der Waals surface area (Å²) < 4.78 is 5.47. The minimum Gasteiger partial charge on any atom is -0.449 e. The Bertz CT molecular complexity index is 626. The van der Waals surface area contributed by atoms with Crippen molar-refractivity contribution in [1.82, 2.24) is 0 Å². The minimum absolute atomic E-state index is 0.219. The standard InChI is InChI=1S/C19H21NO3/c20-14-8-7-13-17(21)23-19(16-11-5-2-6-12-16)18(22)15-9-3-1-4-10-15/h1-6,9-12,19H,7-8,13-14,20H2. The Labute approximate surface area is 136 Å². The first kappa shape index (κ1) is 16.9. The Balaban J connectivity index is 2.16. The number of Topliss-reactive ketones (excluding diaryl/α,β-unsaturated/α-hetero) is 1. The predicted molar refractivity (Wildman–Crippen MR) is 89.0 cm³/mol. The van der Waals surface area contributed by atoms with Gasteiger partial charge in [0.25, 0.3) is 0 Å². The normalized spacial score (nSPS) is 11.7. The second kappa shape index (κ2) is 8.86. The highest BCUT2D eigenvalue weighted by molar-refractivity contribution is 6.00. The van der Waals surface area contributed by atoms with Gasteiger partial charge in [-0.05, 0) is 19.4 Å². The molecule has 0 heterocycles. The van der Waals surface area contributed by atoms with Gasteiger partial charge < -0.3 is 10.5 Å². The highest BCUT2D eigenvalue weighted by Crippen LogP contribution is 2.23. The van der Waals surface area contributed by atoms with Crippen molar-refractivity contribution in [2.75, 3.05) is 6.54 Å². The SMILES string of the molecule is NCCCCC(=O)OC(C(=O)c1ccccc1)c1ccccc1. The van der Waals surface area contributed by atoms with E-state index in [1.54, 1.807) is 36.4 Å². The number of hydrogen-bond donors (Lipinski definition) is 1. The first-order valence-corrected chi connectivity index (χ1v) is 7.76. The Hall–Kier alpha value is -2.46. The minimum atomic E-state index is -0.913. The summed E-state index contributed by atoms with van der Waals surface area (Å²) in [6.45, 7) is 0.540. The van der Waals surface area contributed by atoms with Crippen molar-refractivity contribution in [2.45, 2.75) is 25.4 Å². The zero-order valence-corrected chi connectivity index (χ0v) is 13.0. The van der Waals surface area contributed by atoms with E-state index in [2.05, 4.69) is 0 Å². The number of unbranched alkanes of at least 4 members (excludes halogenated alkanes) is 1. The molecule has 120 valence electrons. The fourth-order valence-electron chi connectivity index (χ4n) is 2.26. The van der Waals surface area contributed by atoms with Crippen LogP contribution in [0.5, 0.6) is 0 Å². The fourth-order valence-corrected chi connectivity index (χ4v) is 2.26. The van der Waals surface area contributed by atoms with Crippen LogP contribution in [-0.2, 0) is 9.53 Å². The molecule has 1 atom stereocenters. The number of ether oxygens (including phenoxy) is 1.